The molecule has 0 bridgehead atoms. The third-order valence-corrected chi connectivity index (χ3v) is 9.86. The minimum atomic E-state index is -3.22. The van der Waals surface area contributed by atoms with Crippen LogP contribution in [0.3, 0.4) is 0 Å². The third-order valence-electron chi connectivity index (χ3n) is 6.77. The zero-order valence-corrected chi connectivity index (χ0v) is 19.1. The standard InChI is InChI=1S/C23H24N4O5S/c1-26-20-18(19(25-26)22(29)32-13-16-4-2-15(12-24)3-5-16)8-11-27(21(20)28)14-23(9-10-23)33(30,31)17-6-7-17/h2-5,17H,6-11,13-14H2,1H3. The molecule has 172 valence electrons. The number of aryl methyl sites for hydroxylation is 1. The van der Waals surface area contributed by atoms with E-state index in [1.807, 2.05) is 6.07 Å². The van der Waals surface area contributed by atoms with Crippen molar-refractivity contribution in [2.24, 2.45) is 7.05 Å². The molecule has 33 heavy (non-hydrogen) atoms. The monoisotopic (exact) mass is 468 g/mol. The van der Waals surface area contributed by atoms with E-state index in [2.05, 4.69) is 5.10 Å². The molecule has 2 heterocycles. The number of amides is 1. The summed E-state index contributed by atoms with van der Waals surface area (Å²) in [5.74, 6) is -0.915. The summed E-state index contributed by atoms with van der Waals surface area (Å²) in [5.41, 5.74) is 2.22. The van der Waals surface area contributed by atoms with Gasteiger partial charge in [-0.15, -0.1) is 0 Å². The molecule has 2 aromatic rings. The number of aromatic nitrogens is 2. The van der Waals surface area contributed by atoms with Crippen molar-refractivity contribution in [2.45, 2.75) is 48.7 Å². The lowest BCUT2D eigenvalue weighted by molar-refractivity contribution is 0.0463. The highest BCUT2D eigenvalue weighted by Gasteiger charge is 2.60. The zero-order valence-electron chi connectivity index (χ0n) is 18.3. The summed E-state index contributed by atoms with van der Waals surface area (Å²) in [7, 11) is -1.62. The molecule has 0 unspecified atom stereocenters. The number of nitriles is 1. The van der Waals surface area contributed by atoms with Crippen molar-refractivity contribution in [3.8, 4) is 6.07 Å². The predicted octanol–water partition coefficient (Wildman–Crippen LogP) is 1.76. The van der Waals surface area contributed by atoms with Crippen LogP contribution in [0.15, 0.2) is 24.3 Å². The van der Waals surface area contributed by atoms with Gasteiger partial charge in [0.15, 0.2) is 15.5 Å². The molecule has 0 N–H and O–H groups in total. The first-order valence-electron chi connectivity index (χ1n) is 11.0. The molecule has 0 atom stereocenters. The fourth-order valence-electron chi connectivity index (χ4n) is 4.53. The molecule has 2 aliphatic carbocycles. The molecule has 0 radical (unpaired) electrons. The molecule has 10 heteroatoms. The molecule has 2 fully saturated rings. The second-order valence-electron chi connectivity index (χ2n) is 9.09. The van der Waals surface area contributed by atoms with Gasteiger partial charge in [0.25, 0.3) is 5.91 Å². The quantitative estimate of drug-likeness (QED) is 0.567. The van der Waals surface area contributed by atoms with Crippen molar-refractivity contribution in [2.75, 3.05) is 13.1 Å². The van der Waals surface area contributed by atoms with Crippen molar-refractivity contribution in [1.29, 1.82) is 5.26 Å². The first-order valence-corrected chi connectivity index (χ1v) is 12.6. The molecule has 1 aliphatic heterocycles. The topological polar surface area (TPSA) is 122 Å². The van der Waals surface area contributed by atoms with Gasteiger partial charge in [-0.1, -0.05) is 12.1 Å². The number of carbonyl (C=O) groups is 2. The van der Waals surface area contributed by atoms with E-state index in [1.54, 1.807) is 36.2 Å². The fraction of sp³-hybridized carbons (Fsp3) is 0.478. The number of hydrogen-bond acceptors (Lipinski definition) is 7. The van der Waals surface area contributed by atoms with Crippen LogP contribution in [0.4, 0.5) is 0 Å². The molecular formula is C23H24N4O5S. The van der Waals surface area contributed by atoms with Crippen LogP contribution in [0.25, 0.3) is 0 Å². The summed E-state index contributed by atoms with van der Waals surface area (Å²) in [6.45, 7) is 0.570. The molecule has 0 spiro atoms. The van der Waals surface area contributed by atoms with E-state index < -0.39 is 20.6 Å². The number of ether oxygens (including phenoxy) is 1. The summed E-state index contributed by atoms with van der Waals surface area (Å²) < 4.78 is 31.7. The molecule has 9 nitrogen and oxygen atoms in total. The third kappa shape index (κ3) is 3.70. The number of nitrogens with zero attached hydrogens (tertiary/aromatic N) is 4. The zero-order chi connectivity index (χ0) is 23.4. The Balaban J connectivity index is 1.30. The molecule has 1 aromatic carbocycles. The maximum absolute atomic E-state index is 13.2. The van der Waals surface area contributed by atoms with Gasteiger partial charge in [0.05, 0.1) is 21.6 Å². The lowest BCUT2D eigenvalue weighted by Gasteiger charge is -2.31. The van der Waals surface area contributed by atoms with Crippen LogP contribution < -0.4 is 0 Å². The minimum absolute atomic E-state index is 0.0253. The van der Waals surface area contributed by atoms with Crippen molar-refractivity contribution in [3.63, 3.8) is 0 Å². The van der Waals surface area contributed by atoms with E-state index in [9.17, 15) is 18.0 Å². The van der Waals surface area contributed by atoms with E-state index in [-0.39, 0.29) is 30.0 Å². The van der Waals surface area contributed by atoms with Crippen LogP contribution in [0.2, 0.25) is 0 Å². The van der Waals surface area contributed by atoms with Crippen molar-refractivity contribution in [3.05, 3.63) is 52.3 Å². The summed E-state index contributed by atoms with van der Waals surface area (Å²) in [6, 6.07) is 8.76. The number of esters is 1. The Hall–Kier alpha value is -3.19. The molecule has 2 saturated carbocycles. The summed E-state index contributed by atoms with van der Waals surface area (Å²) in [6.07, 6.45) is 3.05. The average Bonchev–Trinajstić information content (AvgIpc) is 3.72. The Kier molecular flexibility index (Phi) is 5.05. The van der Waals surface area contributed by atoms with Crippen LogP contribution >= 0.6 is 0 Å². The maximum atomic E-state index is 13.2. The minimum Gasteiger partial charge on any atom is -0.456 e. The van der Waals surface area contributed by atoms with E-state index >= 15 is 0 Å². The summed E-state index contributed by atoms with van der Waals surface area (Å²) >= 11 is 0. The molecule has 1 aromatic heterocycles. The van der Waals surface area contributed by atoms with Crippen molar-refractivity contribution >= 4 is 21.7 Å². The average molecular weight is 469 g/mol. The van der Waals surface area contributed by atoms with Crippen molar-refractivity contribution in [1.82, 2.24) is 14.7 Å². The SMILES string of the molecule is Cn1nc(C(=O)OCc2ccc(C#N)cc2)c2c1C(=O)N(CC1(S(=O)(=O)C3CC3)CC1)CC2. The number of hydrogen-bond donors (Lipinski definition) is 0. The van der Waals surface area contributed by atoms with E-state index in [0.717, 1.165) is 18.4 Å². The van der Waals surface area contributed by atoms with Gasteiger partial charge in [-0.25, -0.2) is 13.2 Å². The highest BCUT2D eigenvalue weighted by Crippen LogP contribution is 2.50. The molecule has 3 aliphatic rings. The van der Waals surface area contributed by atoms with Gasteiger partial charge in [0.1, 0.15) is 12.3 Å². The van der Waals surface area contributed by atoms with Gasteiger partial charge in [-0.3, -0.25) is 9.48 Å². The van der Waals surface area contributed by atoms with Gasteiger partial charge >= 0.3 is 5.97 Å². The Morgan fingerprint density at radius 3 is 2.58 bits per heavy atom. The number of carbonyl (C=O) groups excluding carboxylic acids is 2. The first kappa shape index (κ1) is 21.6. The van der Waals surface area contributed by atoms with Crippen LogP contribution in [0.5, 0.6) is 0 Å². The number of fused-ring (bicyclic) bond motifs is 1. The Labute approximate surface area is 191 Å². The van der Waals surface area contributed by atoms with Gasteiger partial charge in [0.2, 0.25) is 0 Å². The number of rotatable bonds is 7. The highest BCUT2D eigenvalue weighted by atomic mass is 32.2. The molecule has 1 amide bonds. The normalized spacial score (nSPS) is 19.0. The Morgan fingerprint density at radius 2 is 1.97 bits per heavy atom. The maximum Gasteiger partial charge on any atom is 0.359 e. The van der Waals surface area contributed by atoms with Gasteiger partial charge < -0.3 is 9.64 Å². The van der Waals surface area contributed by atoms with Gasteiger partial charge in [-0.05, 0) is 49.8 Å². The second kappa shape index (κ2) is 7.70. The van der Waals surface area contributed by atoms with Crippen LogP contribution in [0, 0.1) is 11.3 Å². The van der Waals surface area contributed by atoms with E-state index in [4.69, 9.17) is 10.00 Å². The largest absolute Gasteiger partial charge is 0.456 e. The van der Waals surface area contributed by atoms with E-state index in [1.165, 1.54) is 4.68 Å². The molecule has 0 saturated heterocycles. The number of benzene rings is 1. The fourth-order valence-corrected chi connectivity index (χ4v) is 7.00. The van der Waals surface area contributed by atoms with E-state index in [0.29, 0.717) is 42.6 Å². The van der Waals surface area contributed by atoms with Crippen LogP contribution in [-0.4, -0.2) is 58.1 Å². The highest BCUT2D eigenvalue weighted by molar-refractivity contribution is 7.94. The number of sulfone groups is 1. The predicted molar refractivity (Wildman–Crippen MR) is 117 cm³/mol. The Morgan fingerprint density at radius 1 is 1.27 bits per heavy atom. The summed E-state index contributed by atoms with van der Waals surface area (Å²) in [5, 5.41) is 12.9. The molecular weight excluding hydrogens is 444 g/mol. The molecule has 5 rings (SSSR count). The Bertz CT molecular complexity index is 1280. The first-order chi connectivity index (χ1) is 15.8. The van der Waals surface area contributed by atoms with Crippen molar-refractivity contribution < 1.29 is 22.7 Å². The van der Waals surface area contributed by atoms with Gasteiger partial charge in [-0.2, -0.15) is 10.4 Å². The van der Waals surface area contributed by atoms with Crippen LogP contribution in [-0.2, 0) is 34.6 Å². The lowest BCUT2D eigenvalue weighted by atomic mass is 10.0. The summed E-state index contributed by atoms with van der Waals surface area (Å²) in [4.78, 5) is 27.5. The smallest absolute Gasteiger partial charge is 0.359 e. The second-order valence-corrected chi connectivity index (χ2v) is 11.7. The lowest BCUT2D eigenvalue weighted by Crippen LogP contribution is -2.46. The van der Waals surface area contributed by atoms with Crippen LogP contribution in [0.1, 0.15) is 63.4 Å². The van der Waals surface area contributed by atoms with Gasteiger partial charge in [0, 0.05) is 25.7 Å².